The van der Waals surface area contributed by atoms with Gasteiger partial charge in [0, 0.05) is 48.1 Å². The molecule has 6 aromatic carbocycles. The number of hydrogen-bond donors (Lipinski definition) is 0. The van der Waals surface area contributed by atoms with Crippen LogP contribution in [0.15, 0.2) is 191 Å². The van der Waals surface area contributed by atoms with Crippen molar-refractivity contribution in [2.24, 2.45) is 0 Å². The molecule has 0 radical (unpaired) electrons. The lowest BCUT2D eigenvalue weighted by Crippen LogP contribution is -2.10. The Morgan fingerprint density at radius 2 is 0.820 bits per heavy atom. The summed E-state index contributed by atoms with van der Waals surface area (Å²) in [7, 11) is 0. The SMILES string of the molecule is O=C(/C=C/c1ccccc1)Oc1cc(OC(=O)/C=C/c2ccccc2)c2c(=O)cc(-c3ccc(OC(=O)/C=C/c4ccccc4)c(OC(=O)/C=C/c4ccccc4)c3)oc2c1. The summed E-state index contributed by atoms with van der Waals surface area (Å²) in [6.07, 6.45) is 11.1. The minimum Gasteiger partial charge on any atom is -0.456 e. The van der Waals surface area contributed by atoms with Crippen molar-refractivity contribution in [2.75, 3.05) is 0 Å². The van der Waals surface area contributed by atoms with Crippen molar-refractivity contribution in [3.8, 4) is 34.3 Å². The highest BCUT2D eigenvalue weighted by atomic mass is 16.6. The van der Waals surface area contributed by atoms with E-state index in [9.17, 15) is 24.0 Å². The van der Waals surface area contributed by atoms with Crippen molar-refractivity contribution in [1.29, 1.82) is 0 Å². The van der Waals surface area contributed by atoms with E-state index in [0.29, 0.717) is 0 Å². The van der Waals surface area contributed by atoms with Crippen LogP contribution in [-0.4, -0.2) is 23.9 Å². The molecule has 0 saturated carbocycles. The van der Waals surface area contributed by atoms with Gasteiger partial charge in [-0.05, 0) is 64.8 Å². The topological polar surface area (TPSA) is 135 Å². The molecule has 7 aromatic rings. The Kier molecular flexibility index (Phi) is 13.1. The lowest BCUT2D eigenvalue weighted by Gasteiger charge is -2.12. The van der Waals surface area contributed by atoms with E-state index in [-0.39, 0.29) is 45.3 Å². The summed E-state index contributed by atoms with van der Waals surface area (Å²) in [5.74, 6) is -3.64. The van der Waals surface area contributed by atoms with Crippen LogP contribution in [0.5, 0.6) is 23.0 Å². The second-order valence-electron chi connectivity index (χ2n) is 13.1. The van der Waals surface area contributed by atoms with E-state index in [1.54, 1.807) is 48.6 Å². The van der Waals surface area contributed by atoms with Crippen molar-refractivity contribution in [3.63, 3.8) is 0 Å². The van der Waals surface area contributed by atoms with Crippen LogP contribution in [-0.2, 0) is 19.2 Å². The third-order valence-corrected chi connectivity index (χ3v) is 8.69. The number of carbonyl (C=O) groups excluding carboxylic acids is 4. The largest absolute Gasteiger partial charge is 0.456 e. The molecule has 0 unspecified atom stereocenters. The molecular formula is C51H34O10. The highest BCUT2D eigenvalue weighted by Crippen LogP contribution is 2.36. The van der Waals surface area contributed by atoms with E-state index in [0.717, 1.165) is 28.3 Å². The number of ether oxygens (including phenoxy) is 4. The summed E-state index contributed by atoms with van der Waals surface area (Å²) in [6.45, 7) is 0. The van der Waals surface area contributed by atoms with Crippen LogP contribution in [0, 0.1) is 0 Å². The Morgan fingerprint density at radius 3 is 1.28 bits per heavy atom. The summed E-state index contributed by atoms with van der Waals surface area (Å²) in [6, 6.07) is 44.4. The monoisotopic (exact) mass is 806 g/mol. The standard InChI is InChI=1S/C51H34O10/c52-41-34-43(39-25-26-42(59-48(54)28-22-36-15-7-2-8-16-36)44(31-39)60-49(55)29-23-37-17-9-3-10-18-37)58-45-32-40(57-47(53)27-21-35-13-5-1-6-14-35)33-46(51(41)45)61-50(56)30-24-38-19-11-4-12-20-38/h1-34H/b27-21+,28-22+,29-23+,30-24+. The van der Waals surface area contributed by atoms with Gasteiger partial charge in [-0.2, -0.15) is 0 Å². The van der Waals surface area contributed by atoms with Crippen LogP contribution in [0.4, 0.5) is 0 Å². The molecule has 10 heteroatoms. The maximum atomic E-state index is 13.9. The molecule has 0 aliphatic rings. The predicted molar refractivity (Wildman–Crippen MR) is 232 cm³/mol. The second kappa shape index (κ2) is 19.7. The van der Waals surface area contributed by atoms with E-state index >= 15 is 0 Å². The van der Waals surface area contributed by atoms with Gasteiger partial charge in [-0.25, -0.2) is 19.2 Å². The maximum absolute atomic E-state index is 13.9. The molecule has 0 aliphatic heterocycles. The Balaban J connectivity index is 1.23. The zero-order chi connectivity index (χ0) is 42.4. The Hall–Kier alpha value is -8.63. The van der Waals surface area contributed by atoms with Gasteiger partial charge in [0.15, 0.2) is 16.9 Å². The van der Waals surface area contributed by atoms with Crippen LogP contribution >= 0.6 is 0 Å². The molecule has 0 atom stereocenters. The quantitative estimate of drug-likeness (QED) is 0.0629. The van der Waals surface area contributed by atoms with Gasteiger partial charge in [0.05, 0.1) is 0 Å². The van der Waals surface area contributed by atoms with Crippen molar-refractivity contribution in [1.82, 2.24) is 0 Å². The average Bonchev–Trinajstić information content (AvgIpc) is 3.28. The van der Waals surface area contributed by atoms with Gasteiger partial charge >= 0.3 is 23.9 Å². The molecule has 0 saturated heterocycles. The Labute approximate surface area is 349 Å². The van der Waals surface area contributed by atoms with E-state index < -0.39 is 29.3 Å². The molecule has 0 N–H and O–H groups in total. The zero-order valence-electron chi connectivity index (χ0n) is 32.2. The normalized spacial score (nSPS) is 11.3. The van der Waals surface area contributed by atoms with Gasteiger partial charge in [0.2, 0.25) is 0 Å². The van der Waals surface area contributed by atoms with Crippen molar-refractivity contribution >= 4 is 59.2 Å². The molecule has 0 spiro atoms. The van der Waals surface area contributed by atoms with Gasteiger partial charge in [0.25, 0.3) is 0 Å². The predicted octanol–water partition coefficient (Wildman–Crippen LogP) is 9.94. The van der Waals surface area contributed by atoms with Gasteiger partial charge in [0.1, 0.15) is 28.2 Å². The smallest absolute Gasteiger partial charge is 0.336 e. The van der Waals surface area contributed by atoms with Crippen LogP contribution in [0.1, 0.15) is 22.3 Å². The van der Waals surface area contributed by atoms with Crippen LogP contribution < -0.4 is 24.4 Å². The average molecular weight is 807 g/mol. The van der Waals surface area contributed by atoms with Gasteiger partial charge in [-0.3, -0.25) is 4.79 Å². The number of fused-ring (bicyclic) bond motifs is 1. The van der Waals surface area contributed by atoms with Crippen LogP contribution in [0.3, 0.4) is 0 Å². The molecule has 0 amide bonds. The number of esters is 4. The molecule has 0 fully saturated rings. The molecule has 298 valence electrons. The highest BCUT2D eigenvalue weighted by molar-refractivity contribution is 5.95. The fraction of sp³-hybridized carbons (Fsp3) is 0. The lowest BCUT2D eigenvalue weighted by molar-refractivity contribution is -0.131. The van der Waals surface area contributed by atoms with E-state index in [4.69, 9.17) is 23.4 Å². The highest BCUT2D eigenvalue weighted by Gasteiger charge is 2.20. The number of carbonyl (C=O) groups is 4. The Bertz CT molecular complexity index is 2880. The van der Waals surface area contributed by atoms with Crippen molar-refractivity contribution < 1.29 is 42.5 Å². The molecule has 0 bridgehead atoms. The van der Waals surface area contributed by atoms with E-state index in [1.165, 1.54) is 54.6 Å². The zero-order valence-corrected chi connectivity index (χ0v) is 32.2. The first-order valence-corrected chi connectivity index (χ1v) is 18.8. The number of hydrogen-bond acceptors (Lipinski definition) is 10. The third-order valence-electron chi connectivity index (χ3n) is 8.69. The third kappa shape index (κ3) is 11.5. The van der Waals surface area contributed by atoms with Crippen molar-refractivity contribution in [3.05, 3.63) is 215 Å². The summed E-state index contributed by atoms with van der Waals surface area (Å²) >= 11 is 0. The Morgan fingerprint density at radius 1 is 0.410 bits per heavy atom. The first-order chi connectivity index (χ1) is 29.8. The molecule has 1 aromatic heterocycles. The first kappa shape index (κ1) is 40.6. The molecule has 1 heterocycles. The number of benzene rings is 6. The molecule has 0 aliphatic carbocycles. The maximum Gasteiger partial charge on any atom is 0.336 e. The summed E-state index contributed by atoms with van der Waals surface area (Å²) in [5.41, 5.74) is 2.55. The van der Waals surface area contributed by atoms with Crippen molar-refractivity contribution in [2.45, 2.75) is 0 Å². The fourth-order valence-electron chi connectivity index (χ4n) is 5.83. The van der Waals surface area contributed by atoms with Crippen LogP contribution in [0.25, 0.3) is 46.6 Å². The fourth-order valence-corrected chi connectivity index (χ4v) is 5.83. The second-order valence-corrected chi connectivity index (χ2v) is 13.1. The van der Waals surface area contributed by atoms with Gasteiger partial charge in [-0.15, -0.1) is 0 Å². The minimum atomic E-state index is -0.808. The van der Waals surface area contributed by atoms with E-state index in [1.807, 2.05) is 97.1 Å². The van der Waals surface area contributed by atoms with Gasteiger partial charge in [-0.1, -0.05) is 121 Å². The molecule has 10 nitrogen and oxygen atoms in total. The lowest BCUT2D eigenvalue weighted by atomic mass is 10.1. The summed E-state index contributed by atoms with van der Waals surface area (Å²) < 4.78 is 28.7. The molecule has 7 rings (SSSR count). The molecular weight excluding hydrogens is 773 g/mol. The summed E-state index contributed by atoms with van der Waals surface area (Å²) in [4.78, 5) is 65.9. The molecule has 61 heavy (non-hydrogen) atoms. The summed E-state index contributed by atoms with van der Waals surface area (Å²) in [5, 5.41) is -0.113. The minimum absolute atomic E-state index is 0.00910. The van der Waals surface area contributed by atoms with Crippen LogP contribution in [0.2, 0.25) is 0 Å². The number of rotatable bonds is 13. The first-order valence-electron chi connectivity index (χ1n) is 18.8. The van der Waals surface area contributed by atoms with Gasteiger partial charge < -0.3 is 23.4 Å². The van der Waals surface area contributed by atoms with E-state index in [2.05, 4.69) is 0 Å².